The predicted octanol–water partition coefficient (Wildman–Crippen LogP) is 6.93. The van der Waals surface area contributed by atoms with E-state index in [1.807, 2.05) is 67.6 Å². The van der Waals surface area contributed by atoms with Crippen LogP contribution in [0.25, 0.3) is 0 Å². The van der Waals surface area contributed by atoms with Gasteiger partial charge in [-0.25, -0.2) is 0 Å². The molecule has 37 heavy (non-hydrogen) atoms. The van der Waals surface area contributed by atoms with Gasteiger partial charge >= 0.3 is 0 Å². The number of halogens is 2. The summed E-state index contributed by atoms with van der Waals surface area (Å²) in [7, 11) is 0. The molecule has 0 aromatic heterocycles. The van der Waals surface area contributed by atoms with Crippen molar-refractivity contribution in [3.63, 3.8) is 0 Å². The zero-order valence-electron chi connectivity index (χ0n) is 21.3. The minimum absolute atomic E-state index is 0.113. The number of hydrogen-bond donors (Lipinski definition) is 1. The van der Waals surface area contributed by atoms with Crippen molar-refractivity contribution < 1.29 is 9.59 Å². The quantitative estimate of drug-likeness (QED) is 0.322. The largest absolute Gasteiger partial charge is 0.352 e. The summed E-state index contributed by atoms with van der Waals surface area (Å²) in [6.45, 7) is 2.23. The maximum Gasteiger partial charge on any atom is 0.243 e. The van der Waals surface area contributed by atoms with Crippen LogP contribution in [0, 0.1) is 6.92 Å². The van der Waals surface area contributed by atoms with E-state index in [0.717, 1.165) is 47.9 Å². The van der Waals surface area contributed by atoms with E-state index < -0.39 is 6.04 Å². The maximum absolute atomic E-state index is 13.9. The van der Waals surface area contributed by atoms with Crippen LogP contribution in [0.4, 0.5) is 0 Å². The number of aryl methyl sites for hydroxylation is 1. The van der Waals surface area contributed by atoms with Crippen molar-refractivity contribution in [1.29, 1.82) is 0 Å². The summed E-state index contributed by atoms with van der Waals surface area (Å²) in [6, 6.07) is 22.5. The molecule has 6 heteroatoms. The molecule has 0 bridgehead atoms. The smallest absolute Gasteiger partial charge is 0.243 e. The third-order valence-electron chi connectivity index (χ3n) is 7.02. The van der Waals surface area contributed by atoms with Crippen molar-refractivity contribution in [3.05, 3.63) is 105 Å². The first kappa shape index (κ1) is 27.2. The van der Waals surface area contributed by atoms with Crippen molar-refractivity contribution in [2.24, 2.45) is 0 Å². The van der Waals surface area contributed by atoms with E-state index in [4.69, 9.17) is 23.2 Å². The van der Waals surface area contributed by atoms with Crippen molar-refractivity contribution in [1.82, 2.24) is 10.2 Å². The Morgan fingerprint density at radius 3 is 2.35 bits per heavy atom. The molecule has 1 aliphatic rings. The van der Waals surface area contributed by atoms with Gasteiger partial charge in [0.1, 0.15) is 6.04 Å². The van der Waals surface area contributed by atoms with E-state index in [1.54, 1.807) is 17.0 Å². The van der Waals surface area contributed by atoms with E-state index in [1.165, 1.54) is 6.42 Å². The molecule has 3 aromatic carbocycles. The maximum atomic E-state index is 13.9. The first-order chi connectivity index (χ1) is 17.9. The number of nitrogens with one attached hydrogen (secondary N) is 1. The number of hydrogen-bond acceptors (Lipinski definition) is 2. The lowest BCUT2D eigenvalue weighted by atomic mass is 9.94. The van der Waals surface area contributed by atoms with Crippen molar-refractivity contribution in [2.75, 3.05) is 0 Å². The molecule has 0 heterocycles. The van der Waals surface area contributed by atoms with Gasteiger partial charge in [-0.1, -0.05) is 109 Å². The first-order valence-electron chi connectivity index (χ1n) is 13.0. The minimum Gasteiger partial charge on any atom is -0.352 e. The molecule has 0 aliphatic heterocycles. The molecular formula is C31H34Cl2N2O2. The molecule has 2 amide bonds. The Morgan fingerprint density at radius 2 is 1.65 bits per heavy atom. The SMILES string of the molecule is Cc1cccc(CC(=O)N(Cc2ccc(Cl)cc2Cl)[C@@H](Cc2ccccc2)C(=O)NC2CCCCC2)c1. The second-order valence-corrected chi connectivity index (χ2v) is 10.8. The standard InChI is InChI=1S/C31H34Cl2N2O2/c1-22-9-8-12-24(17-22)19-30(36)35(21-25-15-16-26(32)20-28(25)33)29(18-23-10-4-2-5-11-23)31(37)34-27-13-6-3-7-14-27/h2,4-5,8-12,15-17,20,27,29H,3,6-7,13-14,18-19,21H2,1H3,(H,34,37)/t29-/m0/s1. The molecule has 4 rings (SSSR count). The minimum atomic E-state index is -0.673. The summed E-state index contributed by atoms with van der Waals surface area (Å²) in [5, 5.41) is 4.28. The van der Waals surface area contributed by atoms with Crippen LogP contribution < -0.4 is 5.32 Å². The number of rotatable bonds is 9. The van der Waals surface area contributed by atoms with Gasteiger partial charge in [0.25, 0.3) is 0 Å². The predicted molar refractivity (Wildman–Crippen MR) is 151 cm³/mol. The van der Waals surface area contributed by atoms with Gasteiger partial charge in [0.2, 0.25) is 11.8 Å². The molecular weight excluding hydrogens is 503 g/mol. The highest BCUT2D eigenvalue weighted by Gasteiger charge is 2.32. The third-order valence-corrected chi connectivity index (χ3v) is 7.60. The second kappa shape index (κ2) is 13.1. The fourth-order valence-electron chi connectivity index (χ4n) is 5.03. The Bertz CT molecular complexity index is 1210. The van der Waals surface area contributed by atoms with Gasteiger partial charge in [-0.3, -0.25) is 9.59 Å². The summed E-state index contributed by atoms with van der Waals surface area (Å²) in [4.78, 5) is 29.4. The van der Waals surface area contributed by atoms with Crippen molar-refractivity contribution in [3.8, 4) is 0 Å². The number of benzene rings is 3. The monoisotopic (exact) mass is 536 g/mol. The Kier molecular flexibility index (Phi) is 9.65. The van der Waals surface area contributed by atoms with Gasteiger partial charge in [0, 0.05) is 29.1 Å². The Labute approximate surface area is 230 Å². The summed E-state index contributed by atoms with van der Waals surface area (Å²) in [6.07, 6.45) is 6.01. The third kappa shape index (κ3) is 7.83. The van der Waals surface area contributed by atoms with Gasteiger partial charge in [0.05, 0.1) is 6.42 Å². The van der Waals surface area contributed by atoms with Crippen molar-refractivity contribution >= 4 is 35.0 Å². The zero-order chi connectivity index (χ0) is 26.2. The fourth-order valence-corrected chi connectivity index (χ4v) is 5.50. The molecule has 194 valence electrons. The summed E-state index contributed by atoms with van der Waals surface area (Å²) in [5.74, 6) is -0.227. The van der Waals surface area contributed by atoms with Crippen LogP contribution in [0.15, 0.2) is 72.8 Å². The molecule has 1 atom stereocenters. The van der Waals surface area contributed by atoms with Gasteiger partial charge in [-0.15, -0.1) is 0 Å². The Morgan fingerprint density at radius 1 is 0.919 bits per heavy atom. The normalized spacial score (nSPS) is 14.7. The number of nitrogens with zero attached hydrogens (tertiary/aromatic N) is 1. The highest BCUT2D eigenvalue weighted by atomic mass is 35.5. The van der Waals surface area contributed by atoms with E-state index in [-0.39, 0.29) is 30.8 Å². The van der Waals surface area contributed by atoms with Gasteiger partial charge in [-0.05, 0) is 48.6 Å². The molecule has 1 N–H and O–H groups in total. The molecule has 4 nitrogen and oxygen atoms in total. The van der Waals surface area contributed by atoms with Crippen molar-refractivity contribution in [2.45, 2.75) is 70.5 Å². The average molecular weight is 538 g/mol. The van der Waals surface area contributed by atoms with Crippen LogP contribution in [0.5, 0.6) is 0 Å². The Balaban J connectivity index is 1.68. The molecule has 0 unspecified atom stereocenters. The fraction of sp³-hybridized carbons (Fsp3) is 0.355. The lowest BCUT2D eigenvalue weighted by molar-refractivity contribution is -0.141. The van der Waals surface area contributed by atoms with Gasteiger partial charge < -0.3 is 10.2 Å². The van der Waals surface area contributed by atoms with Crippen LogP contribution in [-0.4, -0.2) is 28.8 Å². The van der Waals surface area contributed by atoms with Crippen LogP contribution in [0.1, 0.15) is 54.4 Å². The van der Waals surface area contributed by atoms with Crippen LogP contribution in [0.2, 0.25) is 10.0 Å². The summed E-state index contributed by atoms with van der Waals surface area (Å²) < 4.78 is 0. The molecule has 0 saturated heterocycles. The molecule has 0 spiro atoms. The van der Waals surface area contributed by atoms with Crippen LogP contribution >= 0.6 is 23.2 Å². The number of carbonyl (C=O) groups is 2. The first-order valence-corrected chi connectivity index (χ1v) is 13.8. The van der Waals surface area contributed by atoms with E-state index in [2.05, 4.69) is 5.32 Å². The van der Waals surface area contributed by atoms with E-state index >= 15 is 0 Å². The van der Waals surface area contributed by atoms with Crippen LogP contribution in [0.3, 0.4) is 0 Å². The topological polar surface area (TPSA) is 49.4 Å². The molecule has 1 fully saturated rings. The average Bonchev–Trinajstić information content (AvgIpc) is 2.88. The highest BCUT2D eigenvalue weighted by Crippen LogP contribution is 2.25. The van der Waals surface area contributed by atoms with E-state index in [0.29, 0.717) is 16.5 Å². The van der Waals surface area contributed by atoms with Gasteiger partial charge in [-0.2, -0.15) is 0 Å². The number of carbonyl (C=O) groups excluding carboxylic acids is 2. The van der Waals surface area contributed by atoms with Crippen LogP contribution in [-0.2, 0) is 29.0 Å². The number of amides is 2. The lowest BCUT2D eigenvalue weighted by Gasteiger charge is -2.34. The second-order valence-electron chi connectivity index (χ2n) is 9.97. The molecule has 3 aromatic rings. The van der Waals surface area contributed by atoms with Gasteiger partial charge in [0.15, 0.2) is 0 Å². The zero-order valence-corrected chi connectivity index (χ0v) is 22.8. The molecule has 0 radical (unpaired) electrons. The Hall–Kier alpha value is -2.82. The summed E-state index contributed by atoms with van der Waals surface area (Å²) >= 11 is 12.7. The molecule has 1 aliphatic carbocycles. The summed E-state index contributed by atoms with van der Waals surface area (Å²) in [5.41, 5.74) is 3.77. The lowest BCUT2D eigenvalue weighted by Crippen LogP contribution is -2.53. The van der Waals surface area contributed by atoms with E-state index in [9.17, 15) is 9.59 Å². The molecule has 1 saturated carbocycles. The highest BCUT2D eigenvalue weighted by molar-refractivity contribution is 6.35.